The Morgan fingerprint density at radius 3 is 2.56 bits per heavy atom. The molecular formula is C19H17N3O2S. The average Bonchev–Trinajstić information content (AvgIpc) is 2.97. The van der Waals surface area contributed by atoms with Crippen LogP contribution in [0.25, 0.3) is 11.3 Å². The van der Waals surface area contributed by atoms with E-state index in [1.165, 1.54) is 12.7 Å². The van der Waals surface area contributed by atoms with E-state index in [1.807, 2.05) is 18.2 Å². The molecule has 0 N–H and O–H groups in total. The third-order valence-corrected chi connectivity index (χ3v) is 6.03. The van der Waals surface area contributed by atoms with Crippen molar-refractivity contribution in [2.75, 3.05) is 7.11 Å². The number of nitrogens with zero attached hydrogens (tertiary/aromatic N) is 3. The van der Waals surface area contributed by atoms with Crippen LogP contribution in [0, 0.1) is 6.92 Å². The van der Waals surface area contributed by atoms with E-state index in [0.717, 1.165) is 21.0 Å². The summed E-state index contributed by atoms with van der Waals surface area (Å²) < 4.78 is 11.4. The van der Waals surface area contributed by atoms with E-state index in [1.54, 1.807) is 11.7 Å². The van der Waals surface area contributed by atoms with Gasteiger partial charge in [0.1, 0.15) is 11.4 Å². The molecule has 4 rings (SSSR count). The minimum Gasteiger partial charge on any atom is -0.464 e. The number of hydrogen-bond donors (Lipinski definition) is 0. The molecule has 2 heterocycles. The second-order valence-corrected chi connectivity index (χ2v) is 7.51. The number of hydrogen-bond acceptors (Lipinski definition) is 4. The van der Waals surface area contributed by atoms with Crippen molar-refractivity contribution < 1.29 is 9.53 Å². The second kappa shape index (κ2) is 5.97. The second-order valence-electron chi connectivity index (χ2n) is 5.85. The van der Waals surface area contributed by atoms with E-state index in [9.17, 15) is 4.79 Å². The fourth-order valence-electron chi connectivity index (χ4n) is 2.92. The third kappa shape index (κ3) is 2.49. The van der Waals surface area contributed by atoms with Gasteiger partial charge in [-0.3, -0.25) is 4.68 Å². The van der Waals surface area contributed by atoms with Crippen molar-refractivity contribution in [1.82, 2.24) is 9.78 Å². The molecule has 1 unspecified atom stereocenters. The zero-order valence-corrected chi connectivity index (χ0v) is 15.0. The zero-order valence-electron chi connectivity index (χ0n) is 14.2. The third-order valence-electron chi connectivity index (χ3n) is 4.18. The number of aryl methyl sites for hydroxylation is 2. The lowest BCUT2D eigenvalue weighted by atomic mass is 10.1. The quantitative estimate of drug-likeness (QED) is 0.512. The zero-order chi connectivity index (χ0) is 17.6. The van der Waals surface area contributed by atoms with Gasteiger partial charge in [-0.25, -0.2) is 9.16 Å². The van der Waals surface area contributed by atoms with Crippen LogP contribution >= 0.6 is 0 Å². The highest BCUT2D eigenvalue weighted by Crippen LogP contribution is 2.43. The Morgan fingerprint density at radius 2 is 1.84 bits per heavy atom. The molecule has 0 fully saturated rings. The molecule has 0 spiro atoms. The van der Waals surface area contributed by atoms with Crippen LogP contribution in [0.4, 0.5) is 5.69 Å². The lowest BCUT2D eigenvalue weighted by Gasteiger charge is -2.17. The van der Waals surface area contributed by atoms with Gasteiger partial charge in [-0.2, -0.15) is 5.10 Å². The minimum absolute atomic E-state index is 0.386. The van der Waals surface area contributed by atoms with Crippen molar-refractivity contribution in [1.29, 1.82) is 0 Å². The van der Waals surface area contributed by atoms with Gasteiger partial charge in [0.15, 0.2) is 5.69 Å². The molecule has 0 saturated heterocycles. The Bertz CT molecular complexity index is 1020. The van der Waals surface area contributed by atoms with Crippen LogP contribution in [0.2, 0.25) is 0 Å². The number of ether oxygens (including phenoxy) is 1. The Hall–Kier alpha value is -2.73. The van der Waals surface area contributed by atoms with Crippen LogP contribution in [0.15, 0.2) is 62.7 Å². The van der Waals surface area contributed by atoms with E-state index in [2.05, 4.69) is 42.4 Å². The van der Waals surface area contributed by atoms with E-state index >= 15 is 0 Å². The van der Waals surface area contributed by atoms with E-state index in [4.69, 9.17) is 9.10 Å². The summed E-state index contributed by atoms with van der Waals surface area (Å²) >= 11 is 0. The lowest BCUT2D eigenvalue weighted by molar-refractivity contribution is 0.0589. The molecule has 126 valence electrons. The molecule has 0 amide bonds. The summed E-state index contributed by atoms with van der Waals surface area (Å²) in [7, 11) is 2.61. The van der Waals surface area contributed by atoms with Crippen molar-refractivity contribution >= 4 is 22.3 Å². The van der Waals surface area contributed by atoms with Gasteiger partial charge in [0.05, 0.1) is 7.11 Å². The van der Waals surface area contributed by atoms with Crippen LogP contribution in [0.5, 0.6) is 0 Å². The highest BCUT2D eigenvalue weighted by atomic mass is 32.2. The van der Waals surface area contributed by atoms with E-state index in [0.29, 0.717) is 11.4 Å². The van der Waals surface area contributed by atoms with Crippen LogP contribution in [0.3, 0.4) is 0 Å². The molecule has 5 nitrogen and oxygen atoms in total. The first-order chi connectivity index (χ1) is 12.1. The van der Waals surface area contributed by atoms with Gasteiger partial charge >= 0.3 is 5.97 Å². The number of esters is 1. The van der Waals surface area contributed by atoms with Gasteiger partial charge < -0.3 is 4.74 Å². The maximum atomic E-state index is 12.2. The first kappa shape index (κ1) is 15.8. The largest absolute Gasteiger partial charge is 0.464 e. The summed E-state index contributed by atoms with van der Waals surface area (Å²) in [6.07, 6.45) is 0. The van der Waals surface area contributed by atoms with Gasteiger partial charge in [-0.1, -0.05) is 35.9 Å². The molecule has 0 bridgehead atoms. The number of benzene rings is 2. The van der Waals surface area contributed by atoms with Crippen LogP contribution in [-0.4, -0.2) is 22.9 Å². The number of methoxy groups -OCH3 is 1. The summed E-state index contributed by atoms with van der Waals surface area (Å²) in [5.74, 6) is -0.424. The molecule has 0 saturated carbocycles. The molecule has 25 heavy (non-hydrogen) atoms. The van der Waals surface area contributed by atoms with Gasteiger partial charge in [0.25, 0.3) is 0 Å². The first-order valence-corrected chi connectivity index (χ1v) is 9.06. The topological polar surface area (TPSA) is 56.5 Å². The highest BCUT2D eigenvalue weighted by molar-refractivity contribution is 7.87. The van der Waals surface area contributed by atoms with Crippen molar-refractivity contribution in [2.24, 2.45) is 11.4 Å². The smallest absolute Gasteiger partial charge is 0.358 e. The molecule has 1 aliphatic heterocycles. The normalized spacial score (nSPS) is 15.1. The van der Waals surface area contributed by atoms with Crippen LogP contribution < -0.4 is 0 Å². The molecule has 2 aromatic carbocycles. The molecule has 6 heteroatoms. The Labute approximate surface area is 148 Å². The van der Waals surface area contributed by atoms with Crippen molar-refractivity contribution in [3.05, 3.63) is 59.8 Å². The summed E-state index contributed by atoms with van der Waals surface area (Å²) in [5, 5.41) is 4.53. The summed E-state index contributed by atoms with van der Waals surface area (Å²) in [6, 6.07) is 16.5. The Balaban J connectivity index is 2.02. The minimum atomic E-state index is -0.504. The molecule has 1 aromatic heterocycles. The molecule has 0 radical (unpaired) electrons. The number of carbonyl (C=O) groups is 1. The van der Waals surface area contributed by atoms with Crippen molar-refractivity contribution in [3.8, 4) is 11.3 Å². The highest BCUT2D eigenvalue weighted by Gasteiger charge is 2.29. The van der Waals surface area contributed by atoms with Gasteiger partial charge in [-0.05, 0) is 35.8 Å². The van der Waals surface area contributed by atoms with Crippen LogP contribution in [0.1, 0.15) is 16.1 Å². The monoisotopic (exact) mass is 351 g/mol. The van der Waals surface area contributed by atoms with Gasteiger partial charge in [0, 0.05) is 22.4 Å². The lowest BCUT2D eigenvalue weighted by Crippen LogP contribution is -2.08. The fraction of sp³-hybridized carbons (Fsp3) is 0.158. The number of aromatic nitrogens is 2. The molecule has 0 aliphatic carbocycles. The van der Waals surface area contributed by atoms with Gasteiger partial charge in [-0.15, -0.1) is 0 Å². The van der Waals surface area contributed by atoms with E-state index < -0.39 is 16.7 Å². The molecule has 1 atom stereocenters. The van der Waals surface area contributed by atoms with Crippen molar-refractivity contribution in [2.45, 2.75) is 16.7 Å². The standard InChI is InChI=1S/C19H17N3O2S/c1-12-8-10-13(11-9-12)25-15-7-5-4-6-14(15)16-17(21-25)18(19(23)24-3)22(2)20-16/h4-11H,1-3H3. The molecule has 1 aliphatic rings. The molecular weight excluding hydrogens is 334 g/mol. The maximum Gasteiger partial charge on any atom is 0.358 e. The molecule has 3 aromatic rings. The Kier molecular flexibility index (Phi) is 3.77. The number of rotatable bonds is 2. The maximum absolute atomic E-state index is 12.2. The van der Waals surface area contributed by atoms with E-state index in [-0.39, 0.29) is 0 Å². The summed E-state index contributed by atoms with van der Waals surface area (Å²) in [6.45, 7) is 2.06. The number of carbonyl (C=O) groups excluding carboxylic acids is 1. The predicted octanol–water partition coefficient (Wildman–Crippen LogP) is 4.05. The predicted molar refractivity (Wildman–Crippen MR) is 97.1 cm³/mol. The van der Waals surface area contributed by atoms with Crippen LogP contribution in [-0.2, 0) is 22.5 Å². The summed E-state index contributed by atoms with van der Waals surface area (Å²) in [5.41, 5.74) is 3.94. The van der Waals surface area contributed by atoms with Gasteiger partial charge in [0.2, 0.25) is 0 Å². The fourth-order valence-corrected chi connectivity index (χ4v) is 4.71. The summed E-state index contributed by atoms with van der Waals surface area (Å²) in [4.78, 5) is 14.5. The van der Waals surface area contributed by atoms with Crippen molar-refractivity contribution in [3.63, 3.8) is 0 Å². The SMILES string of the molecule is COC(=O)c1c2c(nn1C)-c1ccccc1S(c1ccc(C)cc1)=N2. The Morgan fingerprint density at radius 1 is 1.12 bits per heavy atom. The number of fused-ring (bicyclic) bond motifs is 3. The first-order valence-electron chi connectivity index (χ1n) is 7.87. The average molecular weight is 351 g/mol.